The summed E-state index contributed by atoms with van der Waals surface area (Å²) < 4.78 is 0. The van der Waals surface area contributed by atoms with E-state index in [1.54, 1.807) is 0 Å². The smallest absolute Gasteiger partial charge is 0.0965 e. The van der Waals surface area contributed by atoms with Crippen LogP contribution in [-0.4, -0.2) is 16.1 Å². The van der Waals surface area contributed by atoms with Gasteiger partial charge in [-0.15, -0.1) is 10.3 Å². The summed E-state index contributed by atoms with van der Waals surface area (Å²) >= 11 is 0. The minimum absolute atomic E-state index is 0.333. The van der Waals surface area contributed by atoms with Gasteiger partial charge in [0.25, 0.3) is 0 Å². The van der Waals surface area contributed by atoms with E-state index in [-0.39, 0.29) is 5.54 Å². The Balaban J connectivity index is 1.97. The summed E-state index contributed by atoms with van der Waals surface area (Å²) in [4.78, 5) is 0. The molecule has 1 aliphatic heterocycles. The van der Waals surface area contributed by atoms with E-state index >= 15 is 0 Å². The van der Waals surface area contributed by atoms with Gasteiger partial charge in [-0.1, -0.05) is 38.5 Å². The number of hydrogen-bond donors (Lipinski definition) is 0. The molecule has 0 amide bonds. The lowest BCUT2D eigenvalue weighted by Gasteiger charge is -2.45. The van der Waals surface area contributed by atoms with Crippen molar-refractivity contribution in [3.63, 3.8) is 0 Å². The average molecular weight is 245 g/mol. The Labute approximate surface area is 109 Å². The highest BCUT2D eigenvalue weighted by molar-refractivity contribution is 5.42. The lowest BCUT2D eigenvalue weighted by molar-refractivity contribution is -0.266. The third-order valence-electron chi connectivity index (χ3n) is 5.23. The van der Waals surface area contributed by atoms with E-state index in [9.17, 15) is 10.5 Å². The van der Waals surface area contributed by atoms with Crippen LogP contribution in [0.2, 0.25) is 0 Å². The van der Waals surface area contributed by atoms with E-state index in [0.29, 0.717) is 0 Å². The van der Waals surface area contributed by atoms with Crippen molar-refractivity contribution >= 4 is 0 Å². The van der Waals surface area contributed by atoms with Gasteiger partial charge in [-0.3, -0.25) is 0 Å². The van der Waals surface area contributed by atoms with E-state index < -0.39 is 5.54 Å². The largest absolute Gasteiger partial charge is 0.193 e. The van der Waals surface area contributed by atoms with Gasteiger partial charge in [-0.25, -0.2) is 0 Å². The molecular formula is C15H21N2O. The Morgan fingerprint density at radius 3 is 2.11 bits per heavy atom. The summed E-state index contributed by atoms with van der Waals surface area (Å²) in [5, 5.41) is 23.7. The second kappa shape index (κ2) is 4.36. The van der Waals surface area contributed by atoms with Crippen LogP contribution in [0.4, 0.5) is 0 Å². The monoisotopic (exact) mass is 245 g/mol. The van der Waals surface area contributed by atoms with Crippen LogP contribution in [-0.2, 0) is 5.21 Å². The van der Waals surface area contributed by atoms with Crippen molar-refractivity contribution in [3.05, 3.63) is 11.6 Å². The van der Waals surface area contributed by atoms with E-state index in [4.69, 9.17) is 0 Å². The molecule has 0 atom stereocenters. The molecule has 3 heteroatoms. The van der Waals surface area contributed by atoms with Crippen molar-refractivity contribution in [1.82, 2.24) is 5.06 Å². The molecule has 0 saturated heterocycles. The Morgan fingerprint density at radius 1 is 1.00 bits per heavy atom. The van der Waals surface area contributed by atoms with Gasteiger partial charge in [0.15, 0.2) is 0 Å². The molecular weight excluding hydrogens is 224 g/mol. The van der Waals surface area contributed by atoms with Crippen molar-refractivity contribution in [2.75, 3.05) is 0 Å². The van der Waals surface area contributed by atoms with Gasteiger partial charge in [0, 0.05) is 0 Å². The lowest BCUT2D eigenvalue weighted by atomic mass is 9.77. The standard InChI is InChI=1S/C15H21N2O/c16-12-13-11-14(7-3-1-4-8-14)17(18)15(13)9-5-2-6-10-15/h11H,1-10H2. The van der Waals surface area contributed by atoms with E-state index in [2.05, 4.69) is 6.07 Å². The lowest BCUT2D eigenvalue weighted by Crippen LogP contribution is -2.54. The van der Waals surface area contributed by atoms with Crippen LogP contribution < -0.4 is 0 Å². The molecule has 2 aliphatic carbocycles. The fourth-order valence-corrected chi connectivity index (χ4v) is 4.25. The quantitative estimate of drug-likeness (QED) is 0.655. The molecule has 0 unspecified atom stereocenters. The van der Waals surface area contributed by atoms with Gasteiger partial charge >= 0.3 is 0 Å². The number of nitriles is 1. The topological polar surface area (TPSA) is 46.9 Å². The summed E-state index contributed by atoms with van der Waals surface area (Å²) in [7, 11) is 0. The molecule has 0 aromatic carbocycles. The molecule has 3 rings (SSSR count). The SMILES string of the molecule is N#CC1=CC2(CCCCC2)N([O])C12CCCCC2. The van der Waals surface area contributed by atoms with Crippen molar-refractivity contribution in [2.45, 2.75) is 75.3 Å². The highest BCUT2D eigenvalue weighted by atomic mass is 16.5. The van der Waals surface area contributed by atoms with Gasteiger partial charge < -0.3 is 0 Å². The summed E-state index contributed by atoms with van der Waals surface area (Å²) in [5.74, 6) is 0. The van der Waals surface area contributed by atoms with Crippen molar-refractivity contribution in [3.8, 4) is 6.07 Å². The van der Waals surface area contributed by atoms with Crippen LogP contribution in [0.3, 0.4) is 0 Å². The number of hydroxylamine groups is 2. The first-order valence-corrected chi connectivity index (χ1v) is 7.34. The molecule has 3 nitrogen and oxygen atoms in total. The molecule has 0 aromatic heterocycles. The van der Waals surface area contributed by atoms with Crippen LogP contribution >= 0.6 is 0 Å². The molecule has 0 aromatic rings. The van der Waals surface area contributed by atoms with Crippen LogP contribution in [0, 0.1) is 11.3 Å². The van der Waals surface area contributed by atoms with E-state index in [1.807, 2.05) is 6.08 Å². The predicted molar refractivity (Wildman–Crippen MR) is 67.9 cm³/mol. The van der Waals surface area contributed by atoms with Gasteiger partial charge in [0.2, 0.25) is 0 Å². The van der Waals surface area contributed by atoms with E-state index in [0.717, 1.165) is 56.9 Å². The minimum atomic E-state index is -0.454. The molecule has 2 spiro atoms. The number of rotatable bonds is 0. The minimum Gasteiger partial charge on any atom is -0.193 e. The summed E-state index contributed by atoms with van der Waals surface area (Å²) in [6.45, 7) is 0. The normalized spacial score (nSPS) is 30.3. The van der Waals surface area contributed by atoms with Gasteiger partial charge in [0.1, 0.15) is 0 Å². The molecule has 97 valence electrons. The molecule has 2 saturated carbocycles. The Morgan fingerprint density at radius 2 is 1.56 bits per heavy atom. The molecule has 1 radical (unpaired) electrons. The fourth-order valence-electron chi connectivity index (χ4n) is 4.25. The predicted octanol–water partition coefficient (Wildman–Crippen LogP) is 3.50. The zero-order chi connectivity index (χ0) is 12.6. The number of nitrogens with zero attached hydrogens (tertiary/aromatic N) is 2. The first kappa shape index (κ1) is 12.2. The number of hydrogen-bond acceptors (Lipinski definition) is 2. The summed E-state index contributed by atoms with van der Waals surface area (Å²) in [6.07, 6.45) is 12.6. The second-order valence-corrected chi connectivity index (χ2v) is 6.22. The van der Waals surface area contributed by atoms with Crippen LogP contribution in [0.1, 0.15) is 64.2 Å². The molecule has 18 heavy (non-hydrogen) atoms. The van der Waals surface area contributed by atoms with Gasteiger partial charge in [-0.05, 0) is 31.8 Å². The Bertz CT molecular complexity index is 395. The first-order chi connectivity index (χ1) is 8.73. The third kappa shape index (κ3) is 1.56. The fraction of sp³-hybridized carbons (Fsp3) is 0.800. The third-order valence-corrected chi connectivity index (χ3v) is 5.23. The highest BCUT2D eigenvalue weighted by Gasteiger charge is 2.56. The van der Waals surface area contributed by atoms with Crippen LogP contribution in [0.15, 0.2) is 11.6 Å². The maximum Gasteiger partial charge on any atom is 0.0965 e. The summed E-state index contributed by atoms with van der Waals surface area (Å²) in [5.41, 5.74) is -0.00977. The molecule has 0 N–H and O–H groups in total. The Hall–Kier alpha value is -0.850. The molecule has 2 fully saturated rings. The Kier molecular flexibility index (Phi) is 2.96. The first-order valence-electron chi connectivity index (χ1n) is 7.34. The van der Waals surface area contributed by atoms with Crippen molar-refractivity contribution in [1.29, 1.82) is 5.26 Å². The molecule has 3 aliphatic rings. The van der Waals surface area contributed by atoms with E-state index in [1.165, 1.54) is 17.9 Å². The van der Waals surface area contributed by atoms with Crippen LogP contribution in [0.5, 0.6) is 0 Å². The maximum absolute atomic E-state index is 12.9. The summed E-state index contributed by atoms with van der Waals surface area (Å²) in [6, 6.07) is 2.35. The zero-order valence-corrected chi connectivity index (χ0v) is 11.0. The van der Waals surface area contributed by atoms with Crippen molar-refractivity contribution < 1.29 is 5.21 Å². The maximum atomic E-state index is 12.9. The zero-order valence-electron chi connectivity index (χ0n) is 11.0. The van der Waals surface area contributed by atoms with Crippen LogP contribution in [0.25, 0.3) is 0 Å². The molecule has 0 bridgehead atoms. The van der Waals surface area contributed by atoms with Gasteiger partial charge in [-0.2, -0.15) is 5.26 Å². The second-order valence-electron chi connectivity index (χ2n) is 6.22. The molecule has 1 heterocycles. The van der Waals surface area contributed by atoms with Crippen molar-refractivity contribution in [2.24, 2.45) is 0 Å². The average Bonchev–Trinajstić information content (AvgIpc) is 2.64. The van der Waals surface area contributed by atoms with Gasteiger partial charge in [0.05, 0.1) is 22.7 Å². The highest BCUT2D eigenvalue weighted by Crippen LogP contribution is 2.51.